The summed E-state index contributed by atoms with van der Waals surface area (Å²) in [5.41, 5.74) is 3.19. The van der Waals surface area contributed by atoms with Crippen molar-refractivity contribution in [2.75, 3.05) is 6.54 Å². The molecule has 1 atom stereocenters. The molecule has 22 heavy (non-hydrogen) atoms. The lowest BCUT2D eigenvalue weighted by atomic mass is 10.1. The summed E-state index contributed by atoms with van der Waals surface area (Å²) in [4.78, 5) is 14.6. The topological polar surface area (TPSA) is 38.1 Å². The van der Waals surface area contributed by atoms with Crippen LogP contribution < -0.4 is 0 Å². The molecule has 1 aliphatic rings. The Balaban J connectivity index is 1.73. The second kappa shape index (κ2) is 6.42. The number of nitrogens with zero attached hydrogens (tertiary/aromatic N) is 3. The number of hydrogen-bond donors (Lipinski definition) is 0. The van der Waals surface area contributed by atoms with E-state index in [2.05, 4.69) is 21.9 Å². The number of aromatic nitrogens is 2. The average molecular weight is 338 g/mol. The van der Waals surface area contributed by atoms with Gasteiger partial charge in [0.05, 0.1) is 11.7 Å². The summed E-state index contributed by atoms with van der Waals surface area (Å²) >= 11 is 8.06. The Kier molecular flexibility index (Phi) is 4.54. The summed E-state index contributed by atoms with van der Waals surface area (Å²) in [6, 6.07) is 2.16. The van der Waals surface area contributed by atoms with E-state index < -0.39 is 0 Å². The monoisotopic (exact) mass is 337 g/mol. The van der Waals surface area contributed by atoms with Gasteiger partial charge >= 0.3 is 0 Å². The van der Waals surface area contributed by atoms with Gasteiger partial charge < -0.3 is 4.90 Å². The molecule has 1 amide bonds. The molecule has 3 rings (SSSR count). The Bertz CT molecular complexity index is 665. The van der Waals surface area contributed by atoms with Crippen LogP contribution in [0.3, 0.4) is 0 Å². The number of amides is 1. The molecule has 1 fully saturated rings. The smallest absolute Gasteiger partial charge is 0.223 e. The number of hydrogen-bond acceptors (Lipinski definition) is 3. The number of thiophene rings is 1. The van der Waals surface area contributed by atoms with Gasteiger partial charge in [-0.15, -0.1) is 0 Å². The Morgan fingerprint density at radius 1 is 1.55 bits per heavy atom. The molecule has 4 nitrogen and oxygen atoms in total. The third-order valence-electron chi connectivity index (χ3n) is 4.31. The molecule has 2 aromatic heterocycles. The van der Waals surface area contributed by atoms with Gasteiger partial charge in [0.1, 0.15) is 5.15 Å². The van der Waals surface area contributed by atoms with Crippen molar-refractivity contribution in [3.05, 3.63) is 38.8 Å². The zero-order valence-electron chi connectivity index (χ0n) is 12.9. The van der Waals surface area contributed by atoms with Crippen molar-refractivity contribution in [1.29, 1.82) is 0 Å². The van der Waals surface area contributed by atoms with E-state index in [1.165, 1.54) is 5.56 Å². The summed E-state index contributed by atoms with van der Waals surface area (Å²) in [5.74, 6) is 0.216. The fourth-order valence-corrected chi connectivity index (χ4v) is 4.22. The lowest BCUT2D eigenvalue weighted by Crippen LogP contribution is -2.31. The van der Waals surface area contributed by atoms with Crippen molar-refractivity contribution in [3.63, 3.8) is 0 Å². The molecule has 118 valence electrons. The Labute approximate surface area is 139 Å². The molecule has 0 unspecified atom stereocenters. The summed E-state index contributed by atoms with van der Waals surface area (Å²) in [6.07, 6.45) is 3.37. The molecule has 0 spiro atoms. The second-order valence-electron chi connectivity index (χ2n) is 5.79. The lowest BCUT2D eigenvalue weighted by molar-refractivity contribution is -0.132. The normalized spacial score (nSPS) is 18.1. The van der Waals surface area contributed by atoms with E-state index in [0.29, 0.717) is 11.6 Å². The highest BCUT2D eigenvalue weighted by Gasteiger charge is 2.33. The molecule has 0 aliphatic carbocycles. The maximum absolute atomic E-state index is 12.6. The molecule has 0 radical (unpaired) electrons. The molecule has 1 aliphatic heterocycles. The zero-order chi connectivity index (χ0) is 15.7. The minimum Gasteiger partial charge on any atom is -0.335 e. The number of rotatable bonds is 4. The molecule has 0 bridgehead atoms. The van der Waals surface area contributed by atoms with Crippen LogP contribution in [0.2, 0.25) is 5.15 Å². The van der Waals surface area contributed by atoms with Crippen LogP contribution in [0.15, 0.2) is 16.8 Å². The summed E-state index contributed by atoms with van der Waals surface area (Å²) in [7, 11) is 1.84. The van der Waals surface area contributed by atoms with Crippen molar-refractivity contribution in [2.45, 2.75) is 38.6 Å². The largest absolute Gasteiger partial charge is 0.335 e. The van der Waals surface area contributed by atoms with Gasteiger partial charge in [-0.3, -0.25) is 9.48 Å². The number of carbonyl (C=O) groups is 1. The number of halogens is 1. The molecule has 3 heterocycles. The van der Waals surface area contributed by atoms with Crippen LogP contribution in [0.25, 0.3) is 0 Å². The first-order valence-corrected chi connectivity index (χ1v) is 8.89. The van der Waals surface area contributed by atoms with Crippen molar-refractivity contribution in [1.82, 2.24) is 14.7 Å². The van der Waals surface area contributed by atoms with E-state index in [4.69, 9.17) is 11.6 Å². The van der Waals surface area contributed by atoms with Crippen LogP contribution in [-0.4, -0.2) is 27.1 Å². The van der Waals surface area contributed by atoms with Crippen LogP contribution in [0.4, 0.5) is 0 Å². The molecular formula is C16H20ClN3OS. The quantitative estimate of drug-likeness (QED) is 0.852. The minimum atomic E-state index is 0.0798. The van der Waals surface area contributed by atoms with Gasteiger partial charge in [-0.25, -0.2) is 0 Å². The Hall–Kier alpha value is -1.33. The maximum Gasteiger partial charge on any atom is 0.223 e. The molecule has 1 saturated heterocycles. The van der Waals surface area contributed by atoms with E-state index in [-0.39, 0.29) is 11.9 Å². The predicted molar refractivity (Wildman–Crippen MR) is 89.3 cm³/mol. The second-order valence-corrected chi connectivity index (χ2v) is 6.93. The Morgan fingerprint density at radius 3 is 3.00 bits per heavy atom. The number of aryl methyl sites for hydroxylation is 3. The van der Waals surface area contributed by atoms with Crippen LogP contribution in [-0.2, 0) is 18.3 Å². The average Bonchev–Trinajstić information content (AvgIpc) is 3.19. The van der Waals surface area contributed by atoms with Crippen molar-refractivity contribution >= 4 is 28.8 Å². The van der Waals surface area contributed by atoms with E-state index in [1.807, 2.05) is 18.9 Å². The molecule has 0 aromatic carbocycles. The van der Waals surface area contributed by atoms with Crippen LogP contribution in [0.1, 0.15) is 42.1 Å². The highest BCUT2D eigenvalue weighted by molar-refractivity contribution is 7.07. The fraction of sp³-hybridized carbons (Fsp3) is 0.500. The Morgan fingerprint density at radius 2 is 2.36 bits per heavy atom. The van der Waals surface area contributed by atoms with E-state index in [1.54, 1.807) is 16.0 Å². The van der Waals surface area contributed by atoms with Gasteiger partial charge in [-0.1, -0.05) is 11.6 Å². The fourth-order valence-electron chi connectivity index (χ4n) is 3.22. The van der Waals surface area contributed by atoms with Gasteiger partial charge in [0, 0.05) is 25.6 Å². The van der Waals surface area contributed by atoms with Crippen LogP contribution >= 0.6 is 22.9 Å². The predicted octanol–water partition coefficient (Wildman–Crippen LogP) is 3.74. The van der Waals surface area contributed by atoms with Crippen molar-refractivity contribution in [3.8, 4) is 0 Å². The highest BCUT2D eigenvalue weighted by atomic mass is 35.5. The summed E-state index contributed by atoms with van der Waals surface area (Å²) in [6.45, 7) is 2.78. The minimum absolute atomic E-state index is 0.0798. The highest BCUT2D eigenvalue weighted by Crippen LogP contribution is 2.37. The number of carbonyl (C=O) groups excluding carboxylic acids is 1. The first-order chi connectivity index (χ1) is 10.6. The van der Waals surface area contributed by atoms with Gasteiger partial charge in [-0.2, -0.15) is 16.4 Å². The molecule has 6 heteroatoms. The third-order valence-corrected chi connectivity index (χ3v) is 5.49. The van der Waals surface area contributed by atoms with Gasteiger partial charge in [0.25, 0.3) is 0 Å². The van der Waals surface area contributed by atoms with Gasteiger partial charge in [-0.05, 0) is 48.6 Å². The number of likely N-dealkylation sites (tertiary alicyclic amines) is 1. The SMILES string of the molecule is Cc1nn(C)c(Cl)c1[C@H]1CCCN1C(=O)CCc1ccsc1. The molecule has 2 aromatic rings. The zero-order valence-corrected chi connectivity index (χ0v) is 14.5. The van der Waals surface area contributed by atoms with Crippen molar-refractivity contribution in [2.24, 2.45) is 7.05 Å². The summed E-state index contributed by atoms with van der Waals surface area (Å²) < 4.78 is 1.69. The summed E-state index contributed by atoms with van der Waals surface area (Å²) in [5, 5.41) is 9.20. The molecule has 0 N–H and O–H groups in total. The van der Waals surface area contributed by atoms with Gasteiger partial charge in [0.2, 0.25) is 5.91 Å². The van der Waals surface area contributed by atoms with E-state index in [0.717, 1.165) is 37.1 Å². The van der Waals surface area contributed by atoms with Crippen LogP contribution in [0.5, 0.6) is 0 Å². The first kappa shape index (κ1) is 15.6. The van der Waals surface area contributed by atoms with Crippen LogP contribution in [0, 0.1) is 6.92 Å². The first-order valence-electron chi connectivity index (χ1n) is 7.57. The molecular weight excluding hydrogens is 318 g/mol. The van der Waals surface area contributed by atoms with E-state index in [9.17, 15) is 4.79 Å². The molecule has 0 saturated carbocycles. The standard InChI is InChI=1S/C16H20ClN3OS/c1-11-15(16(17)19(2)18-11)13-4-3-8-20(13)14(21)6-5-12-7-9-22-10-12/h7,9-10,13H,3-6,8H2,1-2H3/t13-/m1/s1. The van der Waals surface area contributed by atoms with E-state index >= 15 is 0 Å². The van der Waals surface area contributed by atoms with Crippen molar-refractivity contribution < 1.29 is 4.79 Å². The van der Waals surface area contributed by atoms with Gasteiger partial charge in [0.15, 0.2) is 0 Å². The lowest BCUT2D eigenvalue weighted by Gasteiger charge is -2.25. The third kappa shape index (κ3) is 2.92. The maximum atomic E-state index is 12.6.